The van der Waals surface area contributed by atoms with Crippen LogP contribution in [-0.4, -0.2) is 4.98 Å². The number of aromatic amines is 1. The fourth-order valence-corrected chi connectivity index (χ4v) is 2.89. The summed E-state index contributed by atoms with van der Waals surface area (Å²) in [4.78, 5) is 15.8. The Morgan fingerprint density at radius 3 is 2.89 bits per heavy atom. The van der Waals surface area contributed by atoms with Crippen LogP contribution in [0.1, 0.15) is 5.56 Å². The second-order valence-corrected chi connectivity index (χ2v) is 5.43. The van der Waals surface area contributed by atoms with E-state index < -0.39 is 5.76 Å². The molecule has 3 N–H and O–H groups in total. The molecule has 0 saturated carbocycles. The molecular weight excluding hydrogens is 260 g/mol. The summed E-state index contributed by atoms with van der Waals surface area (Å²) in [6.07, 6.45) is 0. The van der Waals surface area contributed by atoms with Crippen LogP contribution >= 0.6 is 11.8 Å². The van der Waals surface area contributed by atoms with Gasteiger partial charge in [-0.15, -0.1) is 0 Å². The normalized spacial score (nSPS) is 11.0. The smallest absolute Gasteiger partial charge is 0.408 e. The number of aryl methyl sites for hydroxylation is 1. The van der Waals surface area contributed by atoms with Crippen molar-refractivity contribution >= 4 is 28.5 Å². The Morgan fingerprint density at radius 1 is 1.26 bits per heavy atom. The number of nitrogens with one attached hydrogen (secondary N) is 1. The van der Waals surface area contributed by atoms with Gasteiger partial charge in [0.15, 0.2) is 5.58 Å². The van der Waals surface area contributed by atoms with Crippen LogP contribution in [0.25, 0.3) is 11.1 Å². The maximum Gasteiger partial charge on any atom is 0.417 e. The lowest BCUT2D eigenvalue weighted by Gasteiger charge is -2.05. The highest BCUT2D eigenvalue weighted by molar-refractivity contribution is 7.99. The number of nitrogen functional groups attached to an aromatic ring is 1. The summed E-state index contributed by atoms with van der Waals surface area (Å²) >= 11 is 1.56. The molecule has 0 fully saturated rings. The molecule has 0 bridgehead atoms. The highest BCUT2D eigenvalue weighted by atomic mass is 32.2. The van der Waals surface area contributed by atoms with Gasteiger partial charge in [0.25, 0.3) is 0 Å². The number of hydrogen-bond donors (Lipinski definition) is 2. The zero-order valence-corrected chi connectivity index (χ0v) is 11.1. The van der Waals surface area contributed by atoms with Crippen LogP contribution in [0.2, 0.25) is 0 Å². The van der Waals surface area contributed by atoms with Crippen LogP contribution in [0.15, 0.2) is 55.4 Å². The highest BCUT2D eigenvalue weighted by Gasteiger charge is 2.08. The number of benzene rings is 2. The number of hydrogen-bond acceptors (Lipinski definition) is 4. The van der Waals surface area contributed by atoms with Crippen molar-refractivity contribution in [2.24, 2.45) is 0 Å². The van der Waals surface area contributed by atoms with E-state index in [9.17, 15) is 4.79 Å². The summed E-state index contributed by atoms with van der Waals surface area (Å²) in [5, 5.41) is 0. The van der Waals surface area contributed by atoms with Gasteiger partial charge in [0.05, 0.1) is 5.52 Å². The van der Waals surface area contributed by atoms with Gasteiger partial charge in [-0.05, 0) is 25.1 Å². The van der Waals surface area contributed by atoms with Crippen molar-refractivity contribution in [3.05, 3.63) is 52.5 Å². The molecule has 0 amide bonds. The minimum absolute atomic E-state index is 0.466. The largest absolute Gasteiger partial charge is 0.417 e. The zero-order valence-electron chi connectivity index (χ0n) is 10.3. The topological polar surface area (TPSA) is 72.0 Å². The lowest BCUT2D eigenvalue weighted by Crippen LogP contribution is -1.93. The van der Waals surface area contributed by atoms with Crippen molar-refractivity contribution in [1.82, 2.24) is 4.98 Å². The molecule has 1 heterocycles. The predicted molar refractivity (Wildman–Crippen MR) is 76.5 cm³/mol. The Morgan fingerprint density at radius 2 is 2.11 bits per heavy atom. The third-order valence-corrected chi connectivity index (χ3v) is 3.83. The summed E-state index contributed by atoms with van der Waals surface area (Å²) in [6.45, 7) is 2.05. The lowest BCUT2D eigenvalue weighted by molar-refractivity contribution is 0.555. The van der Waals surface area contributed by atoms with Crippen molar-refractivity contribution in [3.8, 4) is 0 Å². The first-order valence-electron chi connectivity index (χ1n) is 5.79. The van der Waals surface area contributed by atoms with Gasteiger partial charge in [0.1, 0.15) is 0 Å². The third kappa shape index (κ3) is 2.37. The Balaban J connectivity index is 2.04. The van der Waals surface area contributed by atoms with Crippen LogP contribution in [-0.2, 0) is 0 Å². The molecule has 3 rings (SSSR count). The maximum atomic E-state index is 11.1. The standard InChI is InChI=1S/C14H12N2O2S/c1-8-3-2-4-9(5-8)19-13-7-11-12(6-10(13)15)18-14(17)16-11/h2-7H,15H2,1H3,(H,16,17). The first-order valence-corrected chi connectivity index (χ1v) is 6.60. The van der Waals surface area contributed by atoms with Crippen LogP contribution < -0.4 is 11.5 Å². The minimum atomic E-state index is -0.466. The van der Waals surface area contributed by atoms with Crippen LogP contribution in [0.3, 0.4) is 0 Å². The Hall–Kier alpha value is -2.14. The van der Waals surface area contributed by atoms with Crippen LogP contribution in [0.5, 0.6) is 0 Å². The molecule has 0 spiro atoms. The van der Waals surface area contributed by atoms with Crippen molar-refractivity contribution in [3.63, 3.8) is 0 Å². The van der Waals surface area contributed by atoms with Gasteiger partial charge in [-0.1, -0.05) is 29.5 Å². The summed E-state index contributed by atoms with van der Waals surface area (Å²) in [5.41, 5.74) is 8.92. The van der Waals surface area contributed by atoms with E-state index in [0.29, 0.717) is 16.8 Å². The van der Waals surface area contributed by atoms with Gasteiger partial charge in [0, 0.05) is 21.5 Å². The van der Waals surface area contributed by atoms with E-state index in [2.05, 4.69) is 11.1 Å². The third-order valence-electron chi connectivity index (χ3n) is 2.77. The van der Waals surface area contributed by atoms with E-state index >= 15 is 0 Å². The van der Waals surface area contributed by atoms with E-state index in [1.807, 2.05) is 31.2 Å². The number of nitrogens with two attached hydrogens (primary N) is 1. The van der Waals surface area contributed by atoms with Gasteiger partial charge >= 0.3 is 5.76 Å². The van der Waals surface area contributed by atoms with Crippen LogP contribution in [0.4, 0.5) is 5.69 Å². The van der Waals surface area contributed by atoms with Gasteiger partial charge < -0.3 is 10.2 Å². The molecule has 0 aliphatic rings. The molecule has 96 valence electrons. The quantitative estimate of drug-likeness (QED) is 0.703. The van der Waals surface area contributed by atoms with Gasteiger partial charge in [0.2, 0.25) is 0 Å². The molecule has 0 unspecified atom stereocenters. The summed E-state index contributed by atoms with van der Waals surface area (Å²) in [7, 11) is 0. The number of H-pyrrole nitrogens is 1. The van der Waals surface area contributed by atoms with Gasteiger partial charge in [-0.2, -0.15) is 0 Å². The molecule has 0 aliphatic heterocycles. The molecule has 0 aliphatic carbocycles. The van der Waals surface area contributed by atoms with Crippen LogP contribution in [0, 0.1) is 6.92 Å². The SMILES string of the molecule is Cc1cccc(Sc2cc3[nH]c(=O)oc3cc2N)c1. The molecular formula is C14H12N2O2S. The number of aromatic nitrogens is 1. The van der Waals surface area contributed by atoms with Gasteiger partial charge in [-0.25, -0.2) is 4.79 Å². The molecule has 2 aromatic carbocycles. The van der Waals surface area contributed by atoms with E-state index in [0.717, 1.165) is 9.79 Å². The van der Waals surface area contributed by atoms with Gasteiger partial charge in [-0.3, -0.25) is 4.98 Å². The summed E-state index contributed by atoms with van der Waals surface area (Å²) < 4.78 is 4.97. The molecule has 1 aromatic heterocycles. The average Bonchev–Trinajstić information content (AvgIpc) is 2.69. The highest BCUT2D eigenvalue weighted by Crippen LogP contribution is 2.34. The zero-order chi connectivity index (χ0) is 13.4. The molecule has 4 nitrogen and oxygen atoms in total. The fourth-order valence-electron chi connectivity index (χ4n) is 1.89. The Kier molecular flexibility index (Phi) is 2.83. The average molecular weight is 272 g/mol. The summed E-state index contributed by atoms with van der Waals surface area (Å²) in [6, 6.07) is 11.7. The summed E-state index contributed by atoms with van der Waals surface area (Å²) in [5.74, 6) is -0.466. The van der Waals surface area contributed by atoms with E-state index in [4.69, 9.17) is 10.2 Å². The molecule has 5 heteroatoms. The predicted octanol–water partition coefficient (Wildman–Crippen LogP) is 3.16. The van der Waals surface area contributed by atoms with Crippen molar-refractivity contribution < 1.29 is 4.42 Å². The van der Waals surface area contributed by atoms with E-state index in [1.165, 1.54) is 5.56 Å². The first kappa shape index (κ1) is 11.9. The number of rotatable bonds is 2. The Bertz CT molecular complexity index is 805. The molecule has 0 radical (unpaired) electrons. The first-order chi connectivity index (χ1) is 9.11. The van der Waals surface area contributed by atoms with Crippen molar-refractivity contribution in [2.75, 3.05) is 5.73 Å². The molecule has 19 heavy (non-hydrogen) atoms. The molecule has 0 atom stereocenters. The molecule has 3 aromatic rings. The number of anilines is 1. The second-order valence-electron chi connectivity index (χ2n) is 4.32. The maximum absolute atomic E-state index is 11.1. The fraction of sp³-hybridized carbons (Fsp3) is 0.0714. The number of oxazole rings is 1. The van der Waals surface area contributed by atoms with E-state index in [-0.39, 0.29) is 0 Å². The van der Waals surface area contributed by atoms with Crippen molar-refractivity contribution in [2.45, 2.75) is 16.7 Å². The minimum Gasteiger partial charge on any atom is -0.408 e. The van der Waals surface area contributed by atoms with E-state index in [1.54, 1.807) is 17.8 Å². The number of fused-ring (bicyclic) bond motifs is 1. The molecule has 0 saturated heterocycles. The Labute approximate surface area is 113 Å². The van der Waals surface area contributed by atoms with Crippen molar-refractivity contribution in [1.29, 1.82) is 0 Å². The monoisotopic (exact) mass is 272 g/mol. The second kappa shape index (κ2) is 4.51. The lowest BCUT2D eigenvalue weighted by atomic mass is 10.2.